The predicted molar refractivity (Wildman–Crippen MR) is 75.3 cm³/mol. The van der Waals surface area contributed by atoms with Crippen molar-refractivity contribution in [2.45, 2.75) is 6.04 Å². The van der Waals surface area contributed by atoms with E-state index in [0.717, 1.165) is 11.6 Å². The van der Waals surface area contributed by atoms with Gasteiger partial charge >= 0.3 is 0 Å². The van der Waals surface area contributed by atoms with Crippen LogP contribution in [-0.2, 0) is 0 Å². The summed E-state index contributed by atoms with van der Waals surface area (Å²) in [6.45, 7) is 0. The molecule has 1 N–H and O–H groups in total. The van der Waals surface area contributed by atoms with Gasteiger partial charge in [0.2, 0.25) is 0 Å². The molecule has 0 radical (unpaired) electrons. The molecule has 0 heterocycles. The summed E-state index contributed by atoms with van der Waals surface area (Å²) < 4.78 is 31.5. The Hall–Kier alpha value is -1.65. The van der Waals surface area contributed by atoms with Gasteiger partial charge in [-0.25, -0.2) is 8.78 Å². The van der Waals surface area contributed by atoms with E-state index < -0.39 is 11.6 Å². The minimum Gasteiger partial charge on any atom is -0.495 e. The maximum absolute atomic E-state index is 13.4. The van der Waals surface area contributed by atoms with Crippen LogP contribution in [0.4, 0.5) is 8.78 Å². The lowest BCUT2D eigenvalue weighted by Gasteiger charge is -2.18. The summed E-state index contributed by atoms with van der Waals surface area (Å²) in [5, 5.41) is 3.56. The molecule has 0 aromatic heterocycles. The van der Waals surface area contributed by atoms with E-state index in [2.05, 4.69) is 5.32 Å². The highest BCUT2D eigenvalue weighted by Gasteiger charge is 2.15. The third-order valence-electron chi connectivity index (χ3n) is 3.07. The first kappa shape index (κ1) is 14.8. The van der Waals surface area contributed by atoms with Gasteiger partial charge in [0.05, 0.1) is 18.2 Å². The topological polar surface area (TPSA) is 21.3 Å². The Morgan fingerprint density at radius 3 is 2.30 bits per heavy atom. The fraction of sp³-hybridized carbons (Fsp3) is 0.200. The fourth-order valence-corrected chi connectivity index (χ4v) is 2.27. The second kappa shape index (κ2) is 6.20. The zero-order valence-corrected chi connectivity index (χ0v) is 11.8. The molecule has 0 spiro atoms. The monoisotopic (exact) mass is 297 g/mol. The molecule has 1 unspecified atom stereocenters. The van der Waals surface area contributed by atoms with Gasteiger partial charge in [-0.3, -0.25) is 0 Å². The standard InChI is InChI=1S/C15H14ClF2NO/c1-19-15(9-4-6-12(17)13(18)7-9)10-3-5-11(16)14(8-10)20-2/h3-8,15,19H,1-2H3. The maximum atomic E-state index is 13.4. The minimum absolute atomic E-state index is 0.281. The molecule has 20 heavy (non-hydrogen) atoms. The lowest BCUT2D eigenvalue weighted by Crippen LogP contribution is -2.18. The molecule has 0 bridgehead atoms. The Bertz CT molecular complexity index is 619. The van der Waals surface area contributed by atoms with E-state index in [1.807, 2.05) is 6.07 Å². The van der Waals surface area contributed by atoms with Crippen molar-refractivity contribution < 1.29 is 13.5 Å². The van der Waals surface area contributed by atoms with Crippen molar-refractivity contribution in [3.63, 3.8) is 0 Å². The number of ether oxygens (including phenoxy) is 1. The van der Waals surface area contributed by atoms with Crippen molar-refractivity contribution in [2.75, 3.05) is 14.2 Å². The van der Waals surface area contributed by atoms with Crippen LogP contribution in [0.2, 0.25) is 5.02 Å². The molecule has 5 heteroatoms. The molecule has 0 aliphatic rings. The average molecular weight is 298 g/mol. The van der Waals surface area contributed by atoms with Gasteiger partial charge in [0.25, 0.3) is 0 Å². The Labute approximate surface area is 121 Å². The number of hydrogen-bond donors (Lipinski definition) is 1. The SMILES string of the molecule is CNC(c1ccc(F)c(F)c1)c1ccc(Cl)c(OC)c1. The average Bonchev–Trinajstić information content (AvgIpc) is 2.45. The Morgan fingerprint density at radius 2 is 1.70 bits per heavy atom. The van der Waals surface area contributed by atoms with Crippen molar-refractivity contribution in [1.29, 1.82) is 0 Å². The second-order valence-electron chi connectivity index (χ2n) is 4.29. The van der Waals surface area contributed by atoms with Crippen LogP contribution in [0.15, 0.2) is 36.4 Å². The normalized spacial score (nSPS) is 12.2. The van der Waals surface area contributed by atoms with Crippen molar-refractivity contribution >= 4 is 11.6 Å². The predicted octanol–water partition coefficient (Wildman–Crippen LogP) is 3.94. The summed E-state index contributed by atoms with van der Waals surface area (Å²) >= 11 is 5.98. The van der Waals surface area contributed by atoms with Crippen molar-refractivity contribution in [3.8, 4) is 5.75 Å². The van der Waals surface area contributed by atoms with Gasteiger partial charge in [-0.2, -0.15) is 0 Å². The smallest absolute Gasteiger partial charge is 0.159 e. The van der Waals surface area contributed by atoms with Gasteiger partial charge in [-0.05, 0) is 42.4 Å². The van der Waals surface area contributed by atoms with Crippen molar-refractivity contribution in [3.05, 3.63) is 64.2 Å². The number of nitrogens with one attached hydrogen (secondary N) is 1. The first-order valence-electron chi connectivity index (χ1n) is 6.02. The molecule has 0 aliphatic heterocycles. The van der Waals surface area contributed by atoms with Crippen LogP contribution in [0.5, 0.6) is 5.75 Å². The quantitative estimate of drug-likeness (QED) is 0.923. The fourth-order valence-electron chi connectivity index (χ4n) is 2.07. The number of methoxy groups -OCH3 is 1. The van der Waals surface area contributed by atoms with Crippen LogP contribution in [0, 0.1) is 11.6 Å². The zero-order chi connectivity index (χ0) is 14.7. The molecule has 2 nitrogen and oxygen atoms in total. The molecule has 1 atom stereocenters. The molecular formula is C15H14ClF2NO. The van der Waals surface area contributed by atoms with E-state index in [1.54, 1.807) is 25.2 Å². The first-order chi connectivity index (χ1) is 9.56. The van der Waals surface area contributed by atoms with Crippen molar-refractivity contribution in [1.82, 2.24) is 5.32 Å². The molecule has 2 aromatic carbocycles. The minimum atomic E-state index is -0.872. The third kappa shape index (κ3) is 2.92. The summed E-state index contributed by atoms with van der Waals surface area (Å²) in [5.41, 5.74) is 1.47. The van der Waals surface area contributed by atoms with E-state index in [-0.39, 0.29) is 6.04 Å². The van der Waals surface area contributed by atoms with Crippen LogP contribution in [0.3, 0.4) is 0 Å². The molecule has 0 aliphatic carbocycles. The Morgan fingerprint density at radius 1 is 1.05 bits per heavy atom. The first-order valence-corrected chi connectivity index (χ1v) is 6.40. The third-order valence-corrected chi connectivity index (χ3v) is 3.39. The van der Waals surface area contributed by atoms with Crippen LogP contribution < -0.4 is 10.1 Å². The number of rotatable bonds is 4. The molecule has 0 saturated heterocycles. The molecule has 2 rings (SSSR count). The largest absolute Gasteiger partial charge is 0.495 e. The lowest BCUT2D eigenvalue weighted by atomic mass is 9.98. The summed E-state index contributed by atoms with van der Waals surface area (Å²) in [5.74, 6) is -1.20. The van der Waals surface area contributed by atoms with Crippen LogP contribution in [0.1, 0.15) is 17.2 Å². The Balaban J connectivity index is 2.43. The second-order valence-corrected chi connectivity index (χ2v) is 4.70. The number of benzene rings is 2. The Kier molecular flexibility index (Phi) is 4.57. The summed E-state index contributed by atoms with van der Waals surface area (Å²) in [6, 6.07) is 8.84. The van der Waals surface area contributed by atoms with E-state index in [1.165, 1.54) is 13.2 Å². The lowest BCUT2D eigenvalue weighted by molar-refractivity contribution is 0.414. The highest BCUT2D eigenvalue weighted by Crippen LogP contribution is 2.30. The van der Waals surface area contributed by atoms with Gasteiger partial charge in [-0.15, -0.1) is 0 Å². The summed E-state index contributed by atoms with van der Waals surface area (Å²) in [6.07, 6.45) is 0. The van der Waals surface area contributed by atoms with Crippen LogP contribution in [0.25, 0.3) is 0 Å². The van der Waals surface area contributed by atoms with Gasteiger partial charge in [0.1, 0.15) is 5.75 Å². The highest BCUT2D eigenvalue weighted by molar-refractivity contribution is 6.32. The maximum Gasteiger partial charge on any atom is 0.159 e. The van der Waals surface area contributed by atoms with E-state index in [0.29, 0.717) is 16.3 Å². The van der Waals surface area contributed by atoms with Gasteiger partial charge in [0.15, 0.2) is 11.6 Å². The molecular weight excluding hydrogens is 284 g/mol. The summed E-state index contributed by atoms with van der Waals surface area (Å²) in [7, 11) is 3.27. The van der Waals surface area contributed by atoms with Crippen LogP contribution in [-0.4, -0.2) is 14.2 Å². The number of hydrogen-bond acceptors (Lipinski definition) is 2. The molecule has 2 aromatic rings. The zero-order valence-electron chi connectivity index (χ0n) is 11.1. The highest BCUT2D eigenvalue weighted by atomic mass is 35.5. The van der Waals surface area contributed by atoms with Gasteiger partial charge < -0.3 is 10.1 Å². The van der Waals surface area contributed by atoms with Gasteiger partial charge in [-0.1, -0.05) is 23.7 Å². The number of halogens is 3. The molecule has 106 valence electrons. The molecule has 0 saturated carbocycles. The molecule has 0 amide bonds. The van der Waals surface area contributed by atoms with E-state index in [4.69, 9.17) is 16.3 Å². The van der Waals surface area contributed by atoms with Crippen LogP contribution >= 0.6 is 11.6 Å². The van der Waals surface area contributed by atoms with Crippen molar-refractivity contribution in [2.24, 2.45) is 0 Å². The molecule has 0 fully saturated rings. The van der Waals surface area contributed by atoms with E-state index in [9.17, 15) is 8.78 Å². The van der Waals surface area contributed by atoms with E-state index >= 15 is 0 Å². The summed E-state index contributed by atoms with van der Waals surface area (Å²) in [4.78, 5) is 0. The van der Waals surface area contributed by atoms with Gasteiger partial charge in [0, 0.05) is 0 Å².